The molecule has 0 N–H and O–H groups in total. The Bertz CT molecular complexity index is 242. The molecule has 0 saturated heterocycles. The van der Waals surface area contributed by atoms with Crippen LogP contribution in [0, 0.1) is 0 Å². The molecule has 0 aromatic carbocycles. The van der Waals surface area contributed by atoms with Crippen LogP contribution in [0.3, 0.4) is 0 Å². The fourth-order valence-corrected chi connectivity index (χ4v) is 2.79. The van der Waals surface area contributed by atoms with E-state index in [1.54, 1.807) is 13.8 Å². The van der Waals surface area contributed by atoms with Gasteiger partial charge in [-0.15, -0.1) is 0 Å². The van der Waals surface area contributed by atoms with Crippen molar-refractivity contribution in [3.63, 3.8) is 0 Å². The summed E-state index contributed by atoms with van der Waals surface area (Å²) in [5.41, 5.74) is 0. The zero-order valence-corrected chi connectivity index (χ0v) is 10.2. The van der Waals surface area contributed by atoms with E-state index in [4.69, 9.17) is 13.6 Å². The summed E-state index contributed by atoms with van der Waals surface area (Å²) in [6, 6.07) is 0. The fourth-order valence-electron chi connectivity index (χ4n) is 1.45. The van der Waals surface area contributed by atoms with Crippen LogP contribution < -0.4 is 0 Å². The predicted molar refractivity (Wildman–Crippen MR) is 58.7 cm³/mol. The van der Waals surface area contributed by atoms with Gasteiger partial charge in [0.15, 0.2) is 0 Å². The Labute approximate surface area is 91.2 Å². The summed E-state index contributed by atoms with van der Waals surface area (Å²) in [6.45, 7) is 4.19. The predicted octanol–water partition coefficient (Wildman–Crippen LogP) is 3.29. The lowest BCUT2D eigenvalue weighted by molar-refractivity contribution is 0.0954. The van der Waals surface area contributed by atoms with Crippen molar-refractivity contribution in [2.45, 2.75) is 39.2 Å². The van der Waals surface area contributed by atoms with E-state index in [0.717, 1.165) is 19.3 Å². The molecular formula is C10H19O4P. The Morgan fingerprint density at radius 2 is 2.00 bits per heavy atom. The van der Waals surface area contributed by atoms with Crippen molar-refractivity contribution in [3.05, 3.63) is 12.2 Å². The second kappa shape index (κ2) is 6.44. The van der Waals surface area contributed by atoms with Crippen molar-refractivity contribution in [1.29, 1.82) is 0 Å². The number of rotatable bonds is 6. The molecule has 0 amide bonds. The van der Waals surface area contributed by atoms with Gasteiger partial charge in [-0.05, 0) is 33.1 Å². The minimum Gasteiger partial charge on any atom is -0.287 e. The number of phosphoric ester groups is 1. The molecule has 1 aliphatic rings. The molecule has 0 aliphatic heterocycles. The number of allylic oxidation sites excluding steroid dienone is 1. The summed E-state index contributed by atoms with van der Waals surface area (Å²) in [7, 11) is -3.34. The minimum absolute atomic E-state index is 0.136. The highest BCUT2D eigenvalue weighted by Crippen LogP contribution is 2.51. The first-order valence-electron chi connectivity index (χ1n) is 5.44. The lowest BCUT2D eigenvalue weighted by Crippen LogP contribution is -2.13. The van der Waals surface area contributed by atoms with Crippen molar-refractivity contribution in [2.24, 2.45) is 0 Å². The maximum absolute atomic E-state index is 12.0. The molecule has 0 spiro atoms. The molecule has 1 aliphatic carbocycles. The van der Waals surface area contributed by atoms with Crippen molar-refractivity contribution >= 4 is 7.82 Å². The van der Waals surface area contributed by atoms with Gasteiger partial charge in [0, 0.05) is 0 Å². The van der Waals surface area contributed by atoms with Crippen molar-refractivity contribution in [1.82, 2.24) is 0 Å². The van der Waals surface area contributed by atoms with Crippen LogP contribution in [0.2, 0.25) is 0 Å². The maximum Gasteiger partial charge on any atom is 0.475 e. The zero-order valence-electron chi connectivity index (χ0n) is 9.35. The normalized spacial score (nSPS) is 21.9. The quantitative estimate of drug-likeness (QED) is 0.522. The van der Waals surface area contributed by atoms with Gasteiger partial charge in [-0.1, -0.05) is 12.2 Å². The van der Waals surface area contributed by atoms with E-state index < -0.39 is 7.82 Å². The van der Waals surface area contributed by atoms with Gasteiger partial charge in [0.2, 0.25) is 0 Å². The van der Waals surface area contributed by atoms with Gasteiger partial charge in [0.05, 0.1) is 19.3 Å². The Hall–Kier alpha value is -0.150. The SMILES string of the molecule is CCOP(=O)(OCC)O[C@@H]1C=CCCC1. The molecule has 5 heteroatoms. The first-order chi connectivity index (χ1) is 7.20. The summed E-state index contributed by atoms with van der Waals surface area (Å²) >= 11 is 0. The highest BCUT2D eigenvalue weighted by molar-refractivity contribution is 7.48. The summed E-state index contributed by atoms with van der Waals surface area (Å²) in [5.74, 6) is 0. The smallest absolute Gasteiger partial charge is 0.287 e. The molecule has 4 nitrogen and oxygen atoms in total. The first kappa shape index (κ1) is 12.9. The van der Waals surface area contributed by atoms with Gasteiger partial charge in [-0.3, -0.25) is 13.6 Å². The number of hydrogen-bond donors (Lipinski definition) is 0. The van der Waals surface area contributed by atoms with Crippen molar-refractivity contribution in [3.8, 4) is 0 Å². The van der Waals surface area contributed by atoms with Gasteiger partial charge in [-0.25, -0.2) is 4.57 Å². The second-order valence-electron chi connectivity index (χ2n) is 3.29. The molecule has 0 fully saturated rings. The molecule has 0 unspecified atom stereocenters. The molecule has 1 atom stereocenters. The van der Waals surface area contributed by atoms with Crippen LogP contribution in [0.15, 0.2) is 12.2 Å². The standard InChI is InChI=1S/C10H19O4P/c1-3-12-15(11,13-4-2)14-10-8-6-5-7-9-10/h6,8,10H,3-5,7,9H2,1-2H3/t10-/m1/s1. The van der Waals surface area contributed by atoms with Crippen LogP contribution in [0.1, 0.15) is 33.1 Å². The molecule has 0 aromatic rings. The highest BCUT2D eigenvalue weighted by Gasteiger charge is 2.29. The molecule has 15 heavy (non-hydrogen) atoms. The average Bonchev–Trinajstić information content (AvgIpc) is 2.19. The van der Waals surface area contributed by atoms with Crippen molar-refractivity contribution < 1.29 is 18.1 Å². The Kier molecular flexibility index (Phi) is 5.54. The van der Waals surface area contributed by atoms with E-state index in [-0.39, 0.29) is 6.10 Å². The number of phosphoric acid groups is 1. The van der Waals surface area contributed by atoms with E-state index in [0.29, 0.717) is 13.2 Å². The van der Waals surface area contributed by atoms with Crippen LogP contribution >= 0.6 is 7.82 Å². The lowest BCUT2D eigenvalue weighted by Gasteiger charge is -2.22. The molecule has 1 rings (SSSR count). The average molecular weight is 234 g/mol. The largest absolute Gasteiger partial charge is 0.475 e. The third-order valence-corrected chi connectivity index (χ3v) is 3.73. The van der Waals surface area contributed by atoms with Crippen LogP contribution in [-0.2, 0) is 18.1 Å². The molecule has 0 aromatic heterocycles. The van der Waals surface area contributed by atoms with Gasteiger partial charge < -0.3 is 0 Å². The third-order valence-electron chi connectivity index (χ3n) is 2.05. The fraction of sp³-hybridized carbons (Fsp3) is 0.800. The highest BCUT2D eigenvalue weighted by atomic mass is 31.2. The number of hydrogen-bond acceptors (Lipinski definition) is 4. The van der Waals surface area contributed by atoms with Gasteiger partial charge in [0.25, 0.3) is 0 Å². The topological polar surface area (TPSA) is 44.8 Å². The van der Waals surface area contributed by atoms with Gasteiger partial charge >= 0.3 is 7.82 Å². The van der Waals surface area contributed by atoms with Gasteiger partial charge in [0.1, 0.15) is 0 Å². The molecule has 0 saturated carbocycles. The van der Waals surface area contributed by atoms with Crippen LogP contribution in [0.25, 0.3) is 0 Å². The Balaban J connectivity index is 2.52. The Morgan fingerprint density at radius 3 is 2.47 bits per heavy atom. The monoisotopic (exact) mass is 234 g/mol. The zero-order chi connectivity index (χ0) is 11.1. The van der Waals surface area contributed by atoms with E-state index in [9.17, 15) is 4.57 Å². The van der Waals surface area contributed by atoms with E-state index >= 15 is 0 Å². The second-order valence-corrected chi connectivity index (χ2v) is 4.91. The van der Waals surface area contributed by atoms with Crippen LogP contribution in [0.4, 0.5) is 0 Å². The summed E-state index contributed by atoms with van der Waals surface area (Å²) < 4.78 is 27.5. The van der Waals surface area contributed by atoms with E-state index in [2.05, 4.69) is 0 Å². The van der Waals surface area contributed by atoms with Gasteiger partial charge in [-0.2, -0.15) is 0 Å². The third kappa shape index (κ3) is 4.47. The summed E-state index contributed by atoms with van der Waals surface area (Å²) in [5, 5.41) is 0. The Morgan fingerprint density at radius 1 is 1.33 bits per heavy atom. The van der Waals surface area contributed by atoms with Crippen LogP contribution in [-0.4, -0.2) is 19.3 Å². The lowest BCUT2D eigenvalue weighted by atomic mass is 10.1. The maximum atomic E-state index is 12.0. The summed E-state index contributed by atoms with van der Waals surface area (Å²) in [4.78, 5) is 0. The molecular weight excluding hydrogens is 215 g/mol. The summed E-state index contributed by atoms with van der Waals surface area (Å²) in [6.07, 6.45) is 6.82. The molecule has 0 bridgehead atoms. The first-order valence-corrected chi connectivity index (χ1v) is 6.90. The minimum atomic E-state index is -3.34. The van der Waals surface area contributed by atoms with E-state index in [1.807, 2.05) is 12.2 Å². The molecule has 0 radical (unpaired) electrons. The molecule has 88 valence electrons. The molecule has 0 heterocycles. The van der Waals surface area contributed by atoms with E-state index in [1.165, 1.54) is 0 Å². The van der Waals surface area contributed by atoms with Crippen molar-refractivity contribution in [2.75, 3.05) is 13.2 Å². The van der Waals surface area contributed by atoms with Crippen LogP contribution in [0.5, 0.6) is 0 Å².